The SMILES string of the molecule is CC/C=C\[C@H](CC)[C@H](O)[C@@H]1NC(=O)[C@H](CCOS(C)(=O)=O)[C@]1(C)OC=O. The van der Waals surface area contributed by atoms with E-state index in [1.54, 1.807) is 6.92 Å². The molecular weight excluding hydrogens is 362 g/mol. The molecule has 0 radical (unpaired) electrons. The number of hydrogen-bond acceptors (Lipinski definition) is 7. The Labute approximate surface area is 155 Å². The van der Waals surface area contributed by atoms with Crippen molar-refractivity contribution in [3.8, 4) is 0 Å². The summed E-state index contributed by atoms with van der Waals surface area (Å²) in [6, 6.07) is -0.810. The van der Waals surface area contributed by atoms with E-state index in [9.17, 15) is 23.1 Å². The van der Waals surface area contributed by atoms with Crippen LogP contribution >= 0.6 is 0 Å². The van der Waals surface area contributed by atoms with Crippen LogP contribution in [0.4, 0.5) is 0 Å². The van der Waals surface area contributed by atoms with Crippen molar-refractivity contribution in [1.82, 2.24) is 5.32 Å². The Hall–Kier alpha value is -1.45. The van der Waals surface area contributed by atoms with Gasteiger partial charge in [-0.05, 0) is 26.2 Å². The molecule has 1 amide bonds. The lowest BCUT2D eigenvalue weighted by Gasteiger charge is -2.37. The number of ether oxygens (including phenoxy) is 1. The van der Waals surface area contributed by atoms with E-state index >= 15 is 0 Å². The van der Waals surface area contributed by atoms with Gasteiger partial charge in [0.05, 0.1) is 30.9 Å². The van der Waals surface area contributed by atoms with Gasteiger partial charge >= 0.3 is 0 Å². The Morgan fingerprint density at radius 3 is 2.54 bits per heavy atom. The highest BCUT2D eigenvalue weighted by molar-refractivity contribution is 7.85. The number of aliphatic hydroxyl groups is 1. The first-order valence-electron chi connectivity index (χ1n) is 8.71. The van der Waals surface area contributed by atoms with Crippen LogP contribution < -0.4 is 5.32 Å². The smallest absolute Gasteiger partial charge is 0.293 e. The highest BCUT2D eigenvalue weighted by Gasteiger charge is 2.56. The summed E-state index contributed by atoms with van der Waals surface area (Å²) < 4.78 is 32.2. The Balaban J connectivity index is 3.03. The third-order valence-electron chi connectivity index (χ3n) is 4.80. The first-order chi connectivity index (χ1) is 12.1. The first kappa shape index (κ1) is 22.6. The molecule has 0 unspecified atom stereocenters. The number of carbonyl (C=O) groups is 2. The van der Waals surface area contributed by atoms with Gasteiger partial charge in [-0.3, -0.25) is 13.8 Å². The largest absolute Gasteiger partial charge is 0.458 e. The second-order valence-corrected chi connectivity index (χ2v) is 8.29. The van der Waals surface area contributed by atoms with E-state index in [4.69, 9.17) is 8.92 Å². The Kier molecular flexibility index (Phi) is 8.23. The van der Waals surface area contributed by atoms with E-state index < -0.39 is 39.7 Å². The summed E-state index contributed by atoms with van der Waals surface area (Å²) in [5.74, 6) is -1.47. The van der Waals surface area contributed by atoms with Crippen LogP contribution in [0.2, 0.25) is 0 Å². The van der Waals surface area contributed by atoms with Gasteiger partial charge in [0, 0.05) is 5.92 Å². The van der Waals surface area contributed by atoms with Crippen LogP contribution in [-0.2, 0) is 28.6 Å². The molecule has 1 aliphatic heterocycles. The standard InChI is InChI=1S/C17H29NO7S/c1-5-7-8-12(6-2)14(20)15-17(3,24-11-19)13(16(21)18-15)9-10-25-26(4,22)23/h7-8,11-15,20H,5-6,9-10H2,1-4H3,(H,18,21)/b8-7-/t12-,13-,14-,15-,17-/m0/s1. The van der Waals surface area contributed by atoms with E-state index in [1.165, 1.54) is 0 Å². The number of allylic oxidation sites excluding steroid dienone is 1. The number of rotatable bonds is 11. The van der Waals surface area contributed by atoms with Crippen LogP contribution in [0.1, 0.15) is 40.0 Å². The second kappa shape index (κ2) is 9.48. The number of aliphatic hydroxyl groups excluding tert-OH is 1. The van der Waals surface area contributed by atoms with E-state index in [0.29, 0.717) is 6.42 Å². The summed E-state index contributed by atoms with van der Waals surface area (Å²) in [7, 11) is -3.64. The minimum atomic E-state index is -3.64. The Bertz CT molecular complexity index is 619. The van der Waals surface area contributed by atoms with Crippen molar-refractivity contribution < 1.29 is 32.0 Å². The van der Waals surface area contributed by atoms with Gasteiger partial charge in [-0.1, -0.05) is 26.0 Å². The molecule has 0 aromatic heterocycles. The average molecular weight is 391 g/mol. The first-order valence-corrected chi connectivity index (χ1v) is 10.5. The average Bonchev–Trinajstić information content (AvgIpc) is 2.79. The van der Waals surface area contributed by atoms with Crippen molar-refractivity contribution in [2.45, 2.75) is 57.8 Å². The van der Waals surface area contributed by atoms with Gasteiger partial charge in [-0.2, -0.15) is 8.42 Å². The molecule has 8 nitrogen and oxygen atoms in total. The van der Waals surface area contributed by atoms with Crippen LogP contribution in [0.3, 0.4) is 0 Å². The fourth-order valence-electron chi connectivity index (χ4n) is 3.34. The predicted molar refractivity (Wildman–Crippen MR) is 95.6 cm³/mol. The van der Waals surface area contributed by atoms with Gasteiger partial charge in [0.1, 0.15) is 5.60 Å². The van der Waals surface area contributed by atoms with Crippen LogP contribution in [-0.4, -0.2) is 56.5 Å². The minimum absolute atomic E-state index is 0.0358. The van der Waals surface area contributed by atoms with Gasteiger partial charge in [0.25, 0.3) is 16.6 Å². The molecule has 150 valence electrons. The highest BCUT2D eigenvalue weighted by atomic mass is 32.2. The Morgan fingerprint density at radius 1 is 1.38 bits per heavy atom. The van der Waals surface area contributed by atoms with E-state index in [1.807, 2.05) is 26.0 Å². The molecule has 1 fully saturated rings. The molecule has 1 rings (SSSR count). The maximum Gasteiger partial charge on any atom is 0.293 e. The van der Waals surface area contributed by atoms with Crippen molar-refractivity contribution in [3.63, 3.8) is 0 Å². The maximum atomic E-state index is 12.4. The number of hydrogen-bond donors (Lipinski definition) is 2. The van der Waals surface area contributed by atoms with Crippen LogP contribution in [0.15, 0.2) is 12.2 Å². The lowest BCUT2D eigenvalue weighted by Crippen LogP contribution is -2.54. The van der Waals surface area contributed by atoms with Crippen LogP contribution in [0.25, 0.3) is 0 Å². The van der Waals surface area contributed by atoms with Gasteiger partial charge < -0.3 is 15.2 Å². The molecule has 0 spiro atoms. The van der Waals surface area contributed by atoms with Gasteiger partial charge in [-0.15, -0.1) is 0 Å². The van der Waals surface area contributed by atoms with Crippen LogP contribution in [0, 0.1) is 11.8 Å². The lowest BCUT2D eigenvalue weighted by molar-refractivity contribution is -0.153. The molecule has 1 aliphatic rings. The summed E-state index contributed by atoms with van der Waals surface area (Å²) in [6.07, 6.45) is 5.27. The molecule has 9 heteroatoms. The molecule has 26 heavy (non-hydrogen) atoms. The Morgan fingerprint density at radius 2 is 2.04 bits per heavy atom. The van der Waals surface area contributed by atoms with E-state index in [2.05, 4.69) is 5.32 Å². The summed E-state index contributed by atoms with van der Waals surface area (Å²) in [4.78, 5) is 23.5. The summed E-state index contributed by atoms with van der Waals surface area (Å²) >= 11 is 0. The third-order valence-corrected chi connectivity index (χ3v) is 5.40. The monoisotopic (exact) mass is 391 g/mol. The van der Waals surface area contributed by atoms with E-state index in [-0.39, 0.29) is 25.4 Å². The molecule has 0 aliphatic carbocycles. The number of nitrogens with one attached hydrogen (secondary N) is 1. The van der Waals surface area contributed by atoms with Crippen LogP contribution in [0.5, 0.6) is 0 Å². The molecule has 2 N–H and O–H groups in total. The van der Waals surface area contributed by atoms with Gasteiger partial charge in [-0.25, -0.2) is 0 Å². The zero-order valence-electron chi connectivity index (χ0n) is 15.7. The minimum Gasteiger partial charge on any atom is -0.458 e. The van der Waals surface area contributed by atoms with Crippen molar-refractivity contribution in [3.05, 3.63) is 12.2 Å². The topological polar surface area (TPSA) is 119 Å². The predicted octanol–water partition coefficient (Wildman–Crippen LogP) is 0.752. The summed E-state index contributed by atoms with van der Waals surface area (Å²) in [5, 5.41) is 13.5. The lowest BCUT2D eigenvalue weighted by atomic mass is 9.79. The van der Waals surface area contributed by atoms with Crippen molar-refractivity contribution >= 4 is 22.5 Å². The molecule has 0 aromatic rings. The second-order valence-electron chi connectivity index (χ2n) is 6.65. The molecule has 5 atom stereocenters. The van der Waals surface area contributed by atoms with Crippen molar-refractivity contribution in [1.29, 1.82) is 0 Å². The maximum absolute atomic E-state index is 12.4. The normalized spacial score (nSPS) is 28.7. The van der Waals surface area contributed by atoms with Crippen molar-refractivity contribution in [2.75, 3.05) is 12.9 Å². The molecule has 0 aromatic carbocycles. The van der Waals surface area contributed by atoms with Crippen molar-refractivity contribution in [2.24, 2.45) is 11.8 Å². The molecule has 0 saturated carbocycles. The van der Waals surface area contributed by atoms with E-state index in [0.717, 1.165) is 12.7 Å². The fourth-order valence-corrected chi connectivity index (χ4v) is 3.74. The van der Waals surface area contributed by atoms with Gasteiger partial charge in [0.2, 0.25) is 5.91 Å². The molecule has 1 heterocycles. The van der Waals surface area contributed by atoms with Gasteiger partial charge in [0.15, 0.2) is 0 Å². The third kappa shape index (κ3) is 5.52. The molecule has 1 saturated heterocycles. The zero-order valence-corrected chi connectivity index (χ0v) is 16.5. The zero-order chi connectivity index (χ0) is 20.0. The highest BCUT2D eigenvalue weighted by Crippen LogP contribution is 2.37. The number of carbonyl (C=O) groups excluding carboxylic acids is 2. The molecule has 0 bridgehead atoms. The fraction of sp³-hybridized carbons (Fsp3) is 0.765. The molecular formula is C17H29NO7S. The quantitative estimate of drug-likeness (QED) is 0.303. The summed E-state index contributed by atoms with van der Waals surface area (Å²) in [5.41, 5.74) is -1.31. The number of amides is 1. The summed E-state index contributed by atoms with van der Waals surface area (Å²) in [6.45, 7) is 5.48.